The van der Waals surface area contributed by atoms with Gasteiger partial charge in [0.2, 0.25) is 0 Å². The molecule has 116 valence electrons. The molecule has 2 aromatic rings. The summed E-state index contributed by atoms with van der Waals surface area (Å²) in [7, 11) is 1.62. The number of rotatable bonds is 2. The quantitative estimate of drug-likeness (QED) is 0.789. The standard InChI is InChI=1S/C21H22P2/c1-5-15-19(13-9-7-11-17(13)22-15)21(3,4)20-14-10-8-12-18(14)23-16(20)6-2/h5-12,22-23H,1-4H3. The molecule has 0 bridgehead atoms. The molecule has 2 aromatic heterocycles. The molecule has 0 amide bonds. The summed E-state index contributed by atoms with van der Waals surface area (Å²) in [6.45, 7) is 9.22. The Kier molecular flexibility index (Phi) is 3.45. The first-order valence-corrected chi connectivity index (χ1v) is 10.2. The molecule has 2 heterocycles. The van der Waals surface area contributed by atoms with Crippen molar-refractivity contribution in [3.05, 3.63) is 54.2 Å². The summed E-state index contributed by atoms with van der Waals surface area (Å²) >= 11 is 0. The normalized spacial score (nSPS) is 17.4. The Morgan fingerprint density at radius 3 is 1.61 bits per heavy atom. The number of allylic oxidation sites excluding steroid dienone is 2. The van der Waals surface area contributed by atoms with Gasteiger partial charge in [0, 0.05) is 5.41 Å². The second kappa shape index (κ2) is 5.27. The highest BCUT2D eigenvalue weighted by molar-refractivity contribution is 7.28. The topological polar surface area (TPSA) is 0 Å². The monoisotopic (exact) mass is 336 g/mol. The SMILES string of the molecule is CC=c1[pH]c2c(c1C(C)(C)c1c3c([pH]c1=CC)=CC=C3)C=CC=2. The molecule has 0 nitrogen and oxygen atoms in total. The molecule has 2 atom stereocenters. The van der Waals surface area contributed by atoms with E-state index < -0.39 is 0 Å². The van der Waals surface area contributed by atoms with Crippen molar-refractivity contribution in [1.82, 2.24) is 0 Å². The minimum atomic E-state index is 0.0445. The van der Waals surface area contributed by atoms with E-state index in [4.69, 9.17) is 0 Å². The minimum Gasteiger partial charge on any atom is -0.124 e. The van der Waals surface area contributed by atoms with E-state index >= 15 is 0 Å². The summed E-state index contributed by atoms with van der Waals surface area (Å²) in [5, 5.41) is 0. The number of fused-ring (bicyclic) bond motifs is 2. The van der Waals surface area contributed by atoms with Crippen molar-refractivity contribution in [2.24, 2.45) is 0 Å². The van der Waals surface area contributed by atoms with Crippen LogP contribution in [0.25, 0.3) is 36.5 Å². The Balaban J connectivity index is 2.10. The van der Waals surface area contributed by atoms with Crippen molar-refractivity contribution in [3.63, 3.8) is 0 Å². The van der Waals surface area contributed by atoms with Gasteiger partial charge in [0.25, 0.3) is 0 Å². The van der Waals surface area contributed by atoms with Crippen molar-refractivity contribution in [2.45, 2.75) is 33.1 Å². The summed E-state index contributed by atoms with van der Waals surface area (Å²) in [6.07, 6.45) is 18.3. The molecule has 2 unspecified atom stereocenters. The van der Waals surface area contributed by atoms with Gasteiger partial charge in [-0.15, -0.1) is 16.4 Å². The molecule has 2 aliphatic carbocycles. The van der Waals surface area contributed by atoms with Crippen molar-refractivity contribution < 1.29 is 0 Å². The Hall–Kier alpha value is -1.48. The lowest BCUT2D eigenvalue weighted by Gasteiger charge is -2.27. The average Bonchev–Trinajstić information content (AvgIpc) is 3.24. The van der Waals surface area contributed by atoms with E-state index in [9.17, 15) is 0 Å². The molecule has 2 heteroatoms. The van der Waals surface area contributed by atoms with Crippen molar-refractivity contribution >= 4 is 52.8 Å². The van der Waals surface area contributed by atoms with Gasteiger partial charge < -0.3 is 0 Å². The van der Waals surface area contributed by atoms with Crippen LogP contribution in [0.3, 0.4) is 0 Å². The van der Waals surface area contributed by atoms with Crippen LogP contribution in [0.2, 0.25) is 0 Å². The van der Waals surface area contributed by atoms with Crippen LogP contribution in [0.15, 0.2) is 12.2 Å². The van der Waals surface area contributed by atoms with E-state index in [2.05, 4.69) is 76.3 Å². The highest BCUT2D eigenvalue weighted by Crippen LogP contribution is 2.35. The van der Waals surface area contributed by atoms with E-state index in [-0.39, 0.29) is 5.41 Å². The van der Waals surface area contributed by atoms with Gasteiger partial charge in [0.15, 0.2) is 0 Å². The van der Waals surface area contributed by atoms with Crippen LogP contribution in [0.5, 0.6) is 0 Å². The first kappa shape index (κ1) is 15.1. The zero-order valence-electron chi connectivity index (χ0n) is 14.1. The lowest BCUT2D eigenvalue weighted by Crippen LogP contribution is -2.30. The number of hydrogen-bond donors (Lipinski definition) is 0. The van der Waals surface area contributed by atoms with Crippen molar-refractivity contribution in [3.8, 4) is 0 Å². The Morgan fingerprint density at radius 1 is 0.783 bits per heavy atom. The molecule has 0 spiro atoms. The van der Waals surface area contributed by atoms with E-state index in [1.54, 1.807) is 11.1 Å². The third-order valence-corrected chi connectivity index (χ3v) is 8.10. The van der Waals surface area contributed by atoms with E-state index in [0.29, 0.717) is 0 Å². The summed E-state index contributed by atoms with van der Waals surface area (Å²) < 4.78 is 0. The minimum absolute atomic E-state index is 0.0445. The third kappa shape index (κ3) is 2.06. The van der Waals surface area contributed by atoms with Gasteiger partial charge in [0.1, 0.15) is 0 Å². The maximum absolute atomic E-state index is 2.42. The van der Waals surface area contributed by atoms with Crippen molar-refractivity contribution in [1.29, 1.82) is 0 Å². The zero-order chi connectivity index (χ0) is 16.2. The van der Waals surface area contributed by atoms with E-state index in [1.807, 2.05) is 0 Å². The van der Waals surface area contributed by atoms with E-state index in [1.165, 1.54) is 30.9 Å². The van der Waals surface area contributed by atoms with Crippen LogP contribution in [0.1, 0.15) is 49.9 Å². The van der Waals surface area contributed by atoms with Crippen LogP contribution in [-0.2, 0) is 5.41 Å². The molecule has 0 fully saturated rings. The molecule has 0 aliphatic heterocycles. The van der Waals surface area contributed by atoms with Crippen molar-refractivity contribution in [2.75, 3.05) is 0 Å². The van der Waals surface area contributed by atoms with Crippen LogP contribution in [-0.4, -0.2) is 0 Å². The van der Waals surface area contributed by atoms with Gasteiger partial charge in [-0.2, -0.15) is 0 Å². The van der Waals surface area contributed by atoms with Gasteiger partial charge in [0.05, 0.1) is 0 Å². The van der Waals surface area contributed by atoms with Gasteiger partial charge >= 0.3 is 0 Å². The lowest BCUT2D eigenvalue weighted by atomic mass is 9.76. The van der Waals surface area contributed by atoms with Gasteiger partial charge in [-0.25, -0.2) is 0 Å². The largest absolute Gasteiger partial charge is 0.124 e. The summed E-state index contributed by atoms with van der Waals surface area (Å²) in [5.41, 5.74) is 6.10. The highest BCUT2D eigenvalue weighted by Gasteiger charge is 2.32. The smallest absolute Gasteiger partial charge is 0.0177 e. The first-order chi connectivity index (χ1) is 11.1. The number of hydrogen-bond acceptors (Lipinski definition) is 0. The molecular weight excluding hydrogens is 314 g/mol. The summed E-state index contributed by atoms with van der Waals surface area (Å²) in [6, 6.07) is 0. The first-order valence-electron chi connectivity index (χ1n) is 8.22. The molecule has 23 heavy (non-hydrogen) atoms. The molecular formula is C21H22P2. The van der Waals surface area contributed by atoms with Crippen LogP contribution in [0.4, 0.5) is 0 Å². The van der Waals surface area contributed by atoms with Crippen LogP contribution in [0, 0.1) is 0 Å². The fourth-order valence-corrected chi connectivity index (χ4v) is 7.16. The molecule has 0 radical (unpaired) electrons. The second-order valence-corrected chi connectivity index (χ2v) is 9.39. The zero-order valence-corrected chi connectivity index (χ0v) is 16.1. The van der Waals surface area contributed by atoms with Gasteiger partial charge in [-0.1, -0.05) is 62.5 Å². The van der Waals surface area contributed by atoms with Crippen LogP contribution < -0.4 is 19.8 Å². The fraction of sp³-hybridized carbons (Fsp3) is 0.238. The molecule has 4 rings (SSSR count). The molecule has 0 N–H and O–H groups in total. The molecule has 0 saturated heterocycles. The van der Waals surface area contributed by atoms with E-state index in [0.717, 1.165) is 16.4 Å². The molecule has 0 aromatic carbocycles. The molecule has 0 saturated carbocycles. The van der Waals surface area contributed by atoms with Gasteiger partial charge in [-0.3, -0.25) is 0 Å². The maximum atomic E-state index is 2.42. The second-order valence-electron chi connectivity index (χ2n) is 6.74. The lowest BCUT2D eigenvalue weighted by molar-refractivity contribution is 0.636. The Morgan fingerprint density at radius 2 is 1.22 bits per heavy atom. The van der Waals surface area contributed by atoms with Gasteiger partial charge in [-0.05, 0) is 55.9 Å². The van der Waals surface area contributed by atoms with Crippen LogP contribution >= 0.6 is 16.4 Å². The summed E-state index contributed by atoms with van der Waals surface area (Å²) in [5.74, 6) is 0. The Bertz CT molecular complexity index is 1010. The average molecular weight is 336 g/mol. The summed E-state index contributed by atoms with van der Waals surface area (Å²) in [4.78, 5) is 6.11. The predicted octanol–water partition coefficient (Wildman–Crippen LogP) is 3.29. The highest BCUT2D eigenvalue weighted by atomic mass is 31.0. The predicted molar refractivity (Wildman–Crippen MR) is 110 cm³/mol. The Labute approximate surface area is 140 Å². The third-order valence-electron chi connectivity index (χ3n) is 5.08. The maximum Gasteiger partial charge on any atom is 0.0177 e. The molecule has 2 aliphatic rings. The fourth-order valence-electron chi connectivity index (χ4n) is 4.10.